The molecule has 0 fully saturated rings. The highest BCUT2D eigenvalue weighted by Gasteiger charge is 2.19. The van der Waals surface area contributed by atoms with E-state index in [-0.39, 0.29) is 11.8 Å². The topological polar surface area (TPSA) is 68.0 Å². The maximum Gasteiger partial charge on any atom is 0.241 e. The quantitative estimate of drug-likeness (QED) is 0.784. The highest BCUT2D eigenvalue weighted by atomic mass is 16.2. The average Bonchev–Trinajstić information content (AvgIpc) is 2.28. The van der Waals surface area contributed by atoms with Crippen LogP contribution in [-0.2, 0) is 4.79 Å². The van der Waals surface area contributed by atoms with E-state index in [1.165, 1.54) is 0 Å². The fourth-order valence-electron chi connectivity index (χ4n) is 1.17. The molecule has 0 saturated carbocycles. The van der Waals surface area contributed by atoms with Crippen molar-refractivity contribution in [2.45, 2.75) is 26.3 Å². The largest absolute Gasteiger partial charge is 0.323 e. The summed E-state index contributed by atoms with van der Waals surface area (Å²) in [5, 5.41) is 2.73. The molecule has 1 heterocycles. The number of carbonyl (C=O) groups excluding carboxylic acids is 1. The molecule has 0 saturated heterocycles. The Bertz CT molecular complexity index is 313. The van der Waals surface area contributed by atoms with E-state index >= 15 is 0 Å². The number of nitrogens with zero attached hydrogens (tertiary/aromatic N) is 1. The highest BCUT2D eigenvalue weighted by molar-refractivity contribution is 5.94. The normalized spacial score (nSPS) is 14.3. The predicted octanol–water partition coefficient (Wildman–Crippen LogP) is 1.39. The molecule has 15 heavy (non-hydrogen) atoms. The Kier molecular flexibility index (Phi) is 4.24. The molecule has 1 amide bonds. The Morgan fingerprint density at radius 3 is 2.93 bits per heavy atom. The second-order valence-corrected chi connectivity index (χ2v) is 3.64. The number of nitrogens with two attached hydrogens (primary N) is 1. The van der Waals surface area contributed by atoms with E-state index in [0.717, 1.165) is 6.42 Å². The molecule has 0 aliphatic heterocycles. The van der Waals surface area contributed by atoms with Crippen molar-refractivity contribution in [3.8, 4) is 0 Å². The monoisotopic (exact) mass is 207 g/mol. The maximum absolute atomic E-state index is 11.6. The lowest BCUT2D eigenvalue weighted by atomic mass is 9.99. The number of hydrogen-bond acceptors (Lipinski definition) is 3. The van der Waals surface area contributed by atoms with Gasteiger partial charge in [0.25, 0.3) is 0 Å². The third-order valence-electron chi connectivity index (χ3n) is 2.49. The summed E-state index contributed by atoms with van der Waals surface area (Å²) in [6.07, 6.45) is 4.15. The van der Waals surface area contributed by atoms with Crippen LogP contribution in [0.2, 0.25) is 0 Å². The van der Waals surface area contributed by atoms with Gasteiger partial charge in [0.05, 0.1) is 17.9 Å². The summed E-state index contributed by atoms with van der Waals surface area (Å²) in [6, 6.07) is 3.09. The minimum Gasteiger partial charge on any atom is -0.323 e. The second kappa shape index (κ2) is 5.46. The molecule has 4 nitrogen and oxygen atoms in total. The molecular weight excluding hydrogens is 190 g/mol. The molecule has 1 unspecified atom stereocenters. The first kappa shape index (κ1) is 11.7. The SMILES string of the molecule is CCC(C)[C@H](N)C(=O)Nc1cccnc1. The first-order chi connectivity index (χ1) is 7.15. The minimum atomic E-state index is -0.463. The zero-order chi connectivity index (χ0) is 11.3. The van der Waals surface area contributed by atoms with Crippen LogP contribution in [0.1, 0.15) is 20.3 Å². The standard InChI is InChI=1S/C11H17N3O/c1-3-8(2)10(12)11(15)14-9-5-4-6-13-7-9/h4-8,10H,3,12H2,1-2H3,(H,14,15)/t8?,10-/m0/s1. The summed E-state index contributed by atoms with van der Waals surface area (Å²) in [4.78, 5) is 15.6. The van der Waals surface area contributed by atoms with Crippen molar-refractivity contribution in [3.05, 3.63) is 24.5 Å². The third kappa shape index (κ3) is 3.32. The summed E-state index contributed by atoms with van der Waals surface area (Å²) in [6.45, 7) is 3.98. The number of carbonyl (C=O) groups is 1. The van der Waals surface area contributed by atoms with E-state index in [1.54, 1.807) is 24.5 Å². The highest BCUT2D eigenvalue weighted by Crippen LogP contribution is 2.09. The number of anilines is 1. The summed E-state index contributed by atoms with van der Waals surface area (Å²) >= 11 is 0. The lowest BCUT2D eigenvalue weighted by molar-refractivity contribution is -0.118. The van der Waals surface area contributed by atoms with Gasteiger partial charge in [0, 0.05) is 6.20 Å². The molecule has 2 atom stereocenters. The van der Waals surface area contributed by atoms with E-state index in [9.17, 15) is 4.79 Å². The summed E-state index contributed by atoms with van der Waals surface area (Å²) < 4.78 is 0. The van der Waals surface area contributed by atoms with Crippen LogP contribution in [0.4, 0.5) is 5.69 Å². The summed E-state index contributed by atoms with van der Waals surface area (Å²) in [5.74, 6) is 0.0269. The van der Waals surface area contributed by atoms with Gasteiger partial charge in [0.2, 0.25) is 5.91 Å². The van der Waals surface area contributed by atoms with Gasteiger partial charge in [-0.05, 0) is 18.1 Å². The average molecular weight is 207 g/mol. The molecule has 0 radical (unpaired) electrons. The number of hydrogen-bond donors (Lipinski definition) is 2. The smallest absolute Gasteiger partial charge is 0.241 e. The van der Waals surface area contributed by atoms with Crippen LogP contribution >= 0.6 is 0 Å². The minimum absolute atomic E-state index is 0.155. The van der Waals surface area contributed by atoms with Crippen LogP contribution in [0.5, 0.6) is 0 Å². The van der Waals surface area contributed by atoms with E-state index in [1.807, 2.05) is 13.8 Å². The number of aromatic nitrogens is 1. The number of rotatable bonds is 4. The number of pyridine rings is 1. The molecule has 0 aromatic carbocycles. The summed E-state index contributed by atoms with van der Waals surface area (Å²) in [5.41, 5.74) is 6.47. The van der Waals surface area contributed by atoms with Crippen LogP contribution in [0.15, 0.2) is 24.5 Å². The summed E-state index contributed by atoms with van der Waals surface area (Å²) in [7, 11) is 0. The Hall–Kier alpha value is -1.42. The van der Waals surface area contributed by atoms with E-state index < -0.39 is 6.04 Å². The van der Waals surface area contributed by atoms with Crippen LogP contribution in [0, 0.1) is 5.92 Å². The molecule has 0 bridgehead atoms. The van der Waals surface area contributed by atoms with Crippen molar-refractivity contribution in [2.75, 3.05) is 5.32 Å². The van der Waals surface area contributed by atoms with E-state index in [2.05, 4.69) is 10.3 Å². The van der Waals surface area contributed by atoms with Gasteiger partial charge < -0.3 is 11.1 Å². The van der Waals surface area contributed by atoms with Gasteiger partial charge in [-0.15, -0.1) is 0 Å². The van der Waals surface area contributed by atoms with Crippen LogP contribution in [0.3, 0.4) is 0 Å². The van der Waals surface area contributed by atoms with Crippen molar-refractivity contribution in [2.24, 2.45) is 11.7 Å². The van der Waals surface area contributed by atoms with Crippen molar-refractivity contribution < 1.29 is 4.79 Å². The van der Waals surface area contributed by atoms with Crippen molar-refractivity contribution in [1.29, 1.82) is 0 Å². The molecule has 1 rings (SSSR count). The van der Waals surface area contributed by atoms with Gasteiger partial charge in [-0.1, -0.05) is 20.3 Å². The Morgan fingerprint density at radius 1 is 1.67 bits per heavy atom. The fraction of sp³-hybridized carbons (Fsp3) is 0.455. The van der Waals surface area contributed by atoms with Gasteiger partial charge in [0.15, 0.2) is 0 Å². The van der Waals surface area contributed by atoms with Crippen LogP contribution in [-0.4, -0.2) is 16.9 Å². The Morgan fingerprint density at radius 2 is 2.40 bits per heavy atom. The van der Waals surface area contributed by atoms with Gasteiger partial charge >= 0.3 is 0 Å². The zero-order valence-electron chi connectivity index (χ0n) is 9.10. The molecule has 4 heteroatoms. The van der Waals surface area contributed by atoms with Crippen LogP contribution < -0.4 is 11.1 Å². The molecular formula is C11H17N3O. The Labute approximate surface area is 89.9 Å². The number of nitrogens with one attached hydrogen (secondary N) is 1. The molecule has 1 aromatic rings. The second-order valence-electron chi connectivity index (χ2n) is 3.64. The first-order valence-electron chi connectivity index (χ1n) is 5.11. The molecule has 1 aromatic heterocycles. The van der Waals surface area contributed by atoms with Gasteiger partial charge in [-0.3, -0.25) is 9.78 Å². The fourth-order valence-corrected chi connectivity index (χ4v) is 1.17. The number of amides is 1. The van der Waals surface area contributed by atoms with Crippen molar-refractivity contribution >= 4 is 11.6 Å². The lowest BCUT2D eigenvalue weighted by Crippen LogP contribution is -2.40. The zero-order valence-corrected chi connectivity index (χ0v) is 9.10. The molecule has 0 spiro atoms. The van der Waals surface area contributed by atoms with Gasteiger partial charge in [-0.2, -0.15) is 0 Å². The predicted molar refractivity (Wildman–Crippen MR) is 60.3 cm³/mol. The molecule has 82 valence electrons. The van der Waals surface area contributed by atoms with Crippen molar-refractivity contribution in [3.63, 3.8) is 0 Å². The third-order valence-corrected chi connectivity index (χ3v) is 2.49. The van der Waals surface area contributed by atoms with Gasteiger partial charge in [0.1, 0.15) is 0 Å². The molecule has 0 aliphatic carbocycles. The van der Waals surface area contributed by atoms with Crippen molar-refractivity contribution in [1.82, 2.24) is 4.98 Å². The van der Waals surface area contributed by atoms with E-state index in [0.29, 0.717) is 5.69 Å². The first-order valence-corrected chi connectivity index (χ1v) is 5.11. The molecule has 0 aliphatic rings. The van der Waals surface area contributed by atoms with Crippen LogP contribution in [0.25, 0.3) is 0 Å². The van der Waals surface area contributed by atoms with Gasteiger partial charge in [-0.25, -0.2) is 0 Å². The lowest BCUT2D eigenvalue weighted by Gasteiger charge is -2.17. The maximum atomic E-state index is 11.6. The molecule has 3 N–H and O–H groups in total. The Balaban J connectivity index is 2.56. The van der Waals surface area contributed by atoms with E-state index in [4.69, 9.17) is 5.73 Å².